The van der Waals surface area contributed by atoms with Crippen molar-refractivity contribution in [1.82, 2.24) is 14.9 Å². The molecule has 6 nitrogen and oxygen atoms in total. The highest BCUT2D eigenvalue weighted by Crippen LogP contribution is 2.38. The van der Waals surface area contributed by atoms with Crippen molar-refractivity contribution in [3.8, 4) is 0 Å². The van der Waals surface area contributed by atoms with E-state index in [2.05, 4.69) is 43.7 Å². The highest BCUT2D eigenvalue weighted by molar-refractivity contribution is 7.70. The Labute approximate surface area is 220 Å². The van der Waals surface area contributed by atoms with Crippen molar-refractivity contribution < 1.29 is 4.57 Å². The van der Waals surface area contributed by atoms with Gasteiger partial charge in [-0.05, 0) is 94.3 Å². The highest BCUT2D eigenvalue weighted by Gasteiger charge is 2.24. The molecule has 36 heavy (non-hydrogen) atoms. The molecule has 9 heteroatoms. The fourth-order valence-corrected chi connectivity index (χ4v) is 6.77. The number of benzene rings is 2. The Morgan fingerprint density at radius 1 is 1.03 bits per heavy atom. The molecule has 2 aromatic carbocycles. The van der Waals surface area contributed by atoms with E-state index in [0.717, 1.165) is 35.0 Å². The van der Waals surface area contributed by atoms with Crippen LogP contribution in [0.5, 0.6) is 0 Å². The monoisotopic (exact) mass is 521 g/mol. The van der Waals surface area contributed by atoms with Gasteiger partial charge in [0.25, 0.3) is 0 Å². The lowest BCUT2D eigenvalue weighted by atomic mass is 9.96. The maximum Gasteiger partial charge on any atom is 0.229 e. The maximum absolute atomic E-state index is 12.9. The third-order valence-electron chi connectivity index (χ3n) is 7.34. The molecule has 1 fully saturated rings. The molecule has 0 amide bonds. The molecular formula is C27H34BClN5OP. The first-order valence-corrected chi connectivity index (χ1v) is 15.8. The summed E-state index contributed by atoms with van der Waals surface area (Å²) in [5.74, 6) is 0.950. The van der Waals surface area contributed by atoms with E-state index in [4.69, 9.17) is 11.6 Å². The Morgan fingerprint density at radius 2 is 1.78 bits per heavy atom. The lowest BCUT2D eigenvalue weighted by molar-refractivity contribution is 0.222. The van der Waals surface area contributed by atoms with E-state index < -0.39 is 7.14 Å². The van der Waals surface area contributed by atoms with Crippen LogP contribution in [0.15, 0.2) is 42.6 Å². The predicted molar refractivity (Wildman–Crippen MR) is 155 cm³/mol. The molecule has 3 aromatic rings. The number of hydrogen-bond donors (Lipinski definition) is 2. The molecule has 1 saturated heterocycles. The Hall–Kier alpha value is -2.34. The number of hydrogen-bond acceptors (Lipinski definition) is 6. The van der Waals surface area contributed by atoms with Crippen molar-refractivity contribution in [2.75, 3.05) is 37.1 Å². The van der Waals surface area contributed by atoms with E-state index in [9.17, 15) is 4.57 Å². The molecule has 0 unspecified atom stereocenters. The minimum absolute atomic E-state index is 0.406. The van der Waals surface area contributed by atoms with Gasteiger partial charge in [0.1, 0.15) is 20.0 Å². The number of aryl methyl sites for hydroxylation is 2. The molecule has 5 rings (SSSR count). The largest absolute Gasteiger partial charge is 0.338 e. The van der Waals surface area contributed by atoms with Gasteiger partial charge in [0, 0.05) is 17.0 Å². The molecule has 1 aliphatic heterocycles. The normalized spacial score (nSPS) is 18.5. The quantitative estimate of drug-likeness (QED) is 0.283. The van der Waals surface area contributed by atoms with Gasteiger partial charge in [0.2, 0.25) is 5.95 Å². The number of nitrogens with zero attached hydrogens (tertiary/aromatic N) is 3. The SMILES string of the molecule is Bc1ccc(Nc2nc(Nc3ccc4c(c3)CC[C@@H](N3CCCC3)CC4)ncc2Cl)c(P(C)(C)=O)c1. The number of halogens is 1. The minimum Gasteiger partial charge on any atom is -0.338 e. The van der Waals surface area contributed by atoms with Crippen LogP contribution in [0, 0.1) is 0 Å². The van der Waals surface area contributed by atoms with E-state index in [-0.39, 0.29) is 0 Å². The van der Waals surface area contributed by atoms with Crippen molar-refractivity contribution in [3.63, 3.8) is 0 Å². The Bertz CT molecular complexity index is 1310. The van der Waals surface area contributed by atoms with Crippen LogP contribution in [0.4, 0.5) is 23.1 Å². The van der Waals surface area contributed by atoms with Gasteiger partial charge < -0.3 is 20.1 Å². The molecule has 1 aliphatic carbocycles. The third-order valence-corrected chi connectivity index (χ3v) is 9.15. The van der Waals surface area contributed by atoms with Crippen LogP contribution in [-0.4, -0.2) is 55.2 Å². The van der Waals surface area contributed by atoms with Crippen molar-refractivity contribution in [2.45, 2.75) is 44.6 Å². The molecule has 2 heterocycles. The summed E-state index contributed by atoms with van der Waals surface area (Å²) < 4.78 is 12.9. The first-order valence-electron chi connectivity index (χ1n) is 12.8. The number of anilines is 4. The fraction of sp³-hybridized carbons (Fsp3) is 0.407. The zero-order chi connectivity index (χ0) is 25.3. The molecule has 0 radical (unpaired) electrons. The van der Waals surface area contributed by atoms with Crippen LogP contribution >= 0.6 is 18.7 Å². The number of aromatic nitrogens is 2. The van der Waals surface area contributed by atoms with Gasteiger partial charge in [-0.15, -0.1) is 0 Å². The van der Waals surface area contributed by atoms with Crippen molar-refractivity contribution in [1.29, 1.82) is 0 Å². The molecule has 188 valence electrons. The summed E-state index contributed by atoms with van der Waals surface area (Å²) in [6.45, 7) is 6.06. The summed E-state index contributed by atoms with van der Waals surface area (Å²) in [7, 11) is -0.500. The summed E-state index contributed by atoms with van der Waals surface area (Å²) in [5, 5.41) is 7.84. The average Bonchev–Trinajstić information content (AvgIpc) is 3.29. The number of nitrogens with one attached hydrogen (secondary N) is 2. The summed E-state index contributed by atoms with van der Waals surface area (Å²) >= 11 is 6.44. The van der Waals surface area contributed by atoms with Gasteiger partial charge in [-0.25, -0.2) is 4.98 Å². The lowest BCUT2D eigenvalue weighted by Gasteiger charge is -2.25. The molecule has 2 aliphatic rings. The molecule has 0 bridgehead atoms. The van der Waals surface area contributed by atoms with E-state index >= 15 is 0 Å². The summed E-state index contributed by atoms with van der Waals surface area (Å²) in [6.07, 6.45) is 8.99. The van der Waals surface area contributed by atoms with Crippen LogP contribution in [-0.2, 0) is 17.4 Å². The topological polar surface area (TPSA) is 70.2 Å². The molecule has 1 aromatic heterocycles. The predicted octanol–water partition coefficient (Wildman–Crippen LogP) is 4.47. The lowest BCUT2D eigenvalue weighted by Crippen LogP contribution is -2.32. The molecular weight excluding hydrogens is 488 g/mol. The molecule has 2 N–H and O–H groups in total. The Balaban J connectivity index is 1.33. The fourth-order valence-electron chi connectivity index (χ4n) is 5.41. The maximum atomic E-state index is 12.9. The van der Waals surface area contributed by atoms with Gasteiger partial charge in [-0.2, -0.15) is 4.98 Å². The second-order valence-electron chi connectivity index (χ2n) is 10.5. The third kappa shape index (κ3) is 5.80. The van der Waals surface area contributed by atoms with Crippen LogP contribution in [0.1, 0.15) is 36.8 Å². The summed E-state index contributed by atoms with van der Waals surface area (Å²) in [4.78, 5) is 11.7. The molecule has 0 spiro atoms. The zero-order valence-corrected chi connectivity index (χ0v) is 23.0. The van der Waals surface area contributed by atoms with Crippen LogP contribution in [0.2, 0.25) is 5.02 Å². The van der Waals surface area contributed by atoms with E-state index in [0.29, 0.717) is 22.8 Å². The van der Waals surface area contributed by atoms with E-state index in [1.807, 2.05) is 26.0 Å². The summed E-state index contributed by atoms with van der Waals surface area (Å²) in [5.41, 5.74) is 5.66. The van der Waals surface area contributed by atoms with Crippen molar-refractivity contribution in [3.05, 3.63) is 58.7 Å². The minimum atomic E-state index is -2.50. The van der Waals surface area contributed by atoms with Crippen LogP contribution in [0.3, 0.4) is 0 Å². The first-order chi connectivity index (χ1) is 17.3. The standard InChI is InChI=1S/C27H34BClN5OP/c1-36(2,35)25-16-20(28)8-12-24(25)32-26-23(29)17-30-27(33-26)31-21-9-5-18-6-10-22(11-7-19(18)15-21)34-13-3-4-14-34/h5,8-9,12,15-17,22H,3-4,6-7,10-11,13-14,28H2,1-2H3,(H2,30,31,32,33)/t22-/m0/s1. The Kier molecular flexibility index (Phi) is 7.43. The van der Waals surface area contributed by atoms with Crippen LogP contribution < -0.4 is 21.4 Å². The van der Waals surface area contributed by atoms with Gasteiger partial charge in [0.05, 0.1) is 11.9 Å². The van der Waals surface area contributed by atoms with Gasteiger partial charge >= 0.3 is 0 Å². The van der Waals surface area contributed by atoms with Crippen molar-refractivity contribution in [2.24, 2.45) is 0 Å². The van der Waals surface area contributed by atoms with Gasteiger partial charge in [0.15, 0.2) is 5.82 Å². The summed E-state index contributed by atoms with van der Waals surface area (Å²) in [6, 6.07) is 13.2. The highest BCUT2D eigenvalue weighted by atomic mass is 35.5. The Morgan fingerprint density at radius 3 is 2.53 bits per heavy atom. The second kappa shape index (κ2) is 10.6. The molecule has 0 saturated carbocycles. The molecule has 1 atom stereocenters. The van der Waals surface area contributed by atoms with E-state index in [1.54, 1.807) is 19.5 Å². The number of fused-ring (bicyclic) bond motifs is 1. The number of likely N-dealkylation sites (tertiary alicyclic amines) is 1. The smallest absolute Gasteiger partial charge is 0.229 e. The van der Waals surface area contributed by atoms with Crippen LogP contribution in [0.25, 0.3) is 0 Å². The van der Waals surface area contributed by atoms with Crippen molar-refractivity contribution >= 4 is 60.5 Å². The second-order valence-corrected chi connectivity index (χ2v) is 14.1. The van der Waals surface area contributed by atoms with Gasteiger partial charge in [-0.3, -0.25) is 0 Å². The van der Waals surface area contributed by atoms with Gasteiger partial charge in [-0.1, -0.05) is 35.3 Å². The van der Waals surface area contributed by atoms with E-state index in [1.165, 1.54) is 49.9 Å². The average molecular weight is 522 g/mol. The number of rotatable bonds is 6. The zero-order valence-electron chi connectivity index (χ0n) is 21.4. The first kappa shape index (κ1) is 25.3.